The van der Waals surface area contributed by atoms with Crippen molar-refractivity contribution in [3.05, 3.63) is 52.7 Å². The van der Waals surface area contributed by atoms with E-state index in [1.165, 1.54) is 0 Å². The van der Waals surface area contributed by atoms with Gasteiger partial charge in [0.1, 0.15) is 35.5 Å². The number of benzene rings is 1. The molecule has 4 aliphatic heterocycles. The molecule has 228 valence electrons. The fourth-order valence-corrected chi connectivity index (χ4v) is 7.26. The van der Waals surface area contributed by atoms with Crippen molar-refractivity contribution in [1.82, 2.24) is 35.0 Å². The topological polar surface area (TPSA) is 129 Å². The van der Waals surface area contributed by atoms with Gasteiger partial charge in [-0.3, -0.25) is 10.1 Å². The summed E-state index contributed by atoms with van der Waals surface area (Å²) in [4.78, 5) is 22.9. The van der Waals surface area contributed by atoms with Gasteiger partial charge in [0.25, 0.3) is 0 Å². The number of pyridine rings is 1. The number of nitrogens with zero attached hydrogens (tertiary/aromatic N) is 7. The van der Waals surface area contributed by atoms with Gasteiger partial charge in [-0.25, -0.2) is 9.37 Å². The van der Waals surface area contributed by atoms with Crippen molar-refractivity contribution in [2.24, 2.45) is 5.92 Å². The van der Waals surface area contributed by atoms with Crippen LogP contribution in [0.4, 0.5) is 10.2 Å². The van der Waals surface area contributed by atoms with Gasteiger partial charge in [-0.2, -0.15) is 15.1 Å². The number of H-pyrrole nitrogens is 1. The number of aromatic amines is 1. The number of likely N-dealkylation sites (tertiary alicyclic amines) is 1. The van der Waals surface area contributed by atoms with Gasteiger partial charge in [0.2, 0.25) is 5.89 Å². The van der Waals surface area contributed by atoms with Gasteiger partial charge in [-0.15, -0.1) is 0 Å². The summed E-state index contributed by atoms with van der Waals surface area (Å²) in [6, 6.07) is 2.14. The predicted molar refractivity (Wildman–Crippen MR) is 162 cm³/mol. The largest absolute Gasteiger partial charge is 0.462 e. The molecule has 0 saturated carbocycles. The van der Waals surface area contributed by atoms with Crippen LogP contribution in [0.25, 0.3) is 33.1 Å². The first-order valence-electron chi connectivity index (χ1n) is 15.2. The number of oxazole rings is 1. The summed E-state index contributed by atoms with van der Waals surface area (Å²) in [7, 11) is 2.08. The van der Waals surface area contributed by atoms with E-state index in [2.05, 4.69) is 42.0 Å². The first-order chi connectivity index (χ1) is 21.4. The van der Waals surface area contributed by atoms with Crippen molar-refractivity contribution in [2.75, 3.05) is 38.2 Å². The smallest absolute Gasteiger partial charge is 0.319 e. The Labute approximate surface area is 257 Å². The molecule has 13 heteroatoms. The lowest BCUT2D eigenvalue weighted by atomic mass is 9.92. The molecule has 2 saturated heterocycles. The van der Waals surface area contributed by atoms with Crippen LogP contribution in [0, 0.1) is 11.7 Å². The zero-order valence-corrected chi connectivity index (χ0v) is 25.0. The van der Waals surface area contributed by atoms with Gasteiger partial charge in [-0.1, -0.05) is 11.6 Å². The standard InChI is InChI=1S/C31H32ClFN8O3/c1-40-8-3-5-17(40)15-43-31-37-26-21-12-34-27(25(26)33)24-19(22(32)10-23-20(24)13-36-39-23)7-6-18-11-35-30(44-18)28(42)16-4-2-9-41(14-16)29(21)38-31/h10-13,16-17,28,42H,2-9,14-15H2,1H3,(H,36,39)/t16?,17-,28?/m0/s1. The minimum Gasteiger partial charge on any atom is -0.462 e. The number of aryl methyl sites for hydroxylation is 1. The molecule has 3 atom stereocenters. The number of piperidine rings is 1. The number of hydrogen-bond donors (Lipinski definition) is 2. The van der Waals surface area contributed by atoms with E-state index in [1.54, 1.807) is 24.7 Å². The Morgan fingerprint density at radius 2 is 2.00 bits per heavy atom. The zero-order valence-electron chi connectivity index (χ0n) is 24.3. The van der Waals surface area contributed by atoms with Gasteiger partial charge in [0.15, 0.2) is 5.82 Å². The summed E-state index contributed by atoms with van der Waals surface area (Å²) >= 11 is 6.83. The van der Waals surface area contributed by atoms with Gasteiger partial charge in [-0.05, 0) is 57.3 Å². The van der Waals surface area contributed by atoms with Crippen LogP contribution in [0.3, 0.4) is 0 Å². The minimum atomic E-state index is -0.899. The maximum atomic E-state index is 16.9. The van der Waals surface area contributed by atoms with Crippen LogP contribution < -0.4 is 9.64 Å². The summed E-state index contributed by atoms with van der Waals surface area (Å²) in [6.07, 6.45) is 8.63. The monoisotopic (exact) mass is 618 g/mol. The van der Waals surface area contributed by atoms with Crippen molar-refractivity contribution < 1.29 is 18.7 Å². The second-order valence-corrected chi connectivity index (χ2v) is 12.5. The highest BCUT2D eigenvalue weighted by Crippen LogP contribution is 2.41. The van der Waals surface area contributed by atoms with Gasteiger partial charge < -0.3 is 24.1 Å². The van der Waals surface area contributed by atoms with Crippen LogP contribution in [0.15, 0.2) is 29.1 Å². The molecule has 2 unspecified atom stereocenters. The Morgan fingerprint density at radius 1 is 1.11 bits per heavy atom. The molecule has 8 heterocycles. The average molecular weight is 619 g/mol. The first-order valence-corrected chi connectivity index (χ1v) is 15.5. The molecule has 0 aliphatic carbocycles. The maximum absolute atomic E-state index is 16.9. The molecule has 4 aliphatic rings. The maximum Gasteiger partial charge on any atom is 0.319 e. The number of aliphatic hydroxyl groups excluding tert-OH is 1. The summed E-state index contributed by atoms with van der Waals surface area (Å²) in [5, 5.41) is 20.1. The predicted octanol–water partition coefficient (Wildman–Crippen LogP) is 4.87. The highest BCUT2D eigenvalue weighted by molar-refractivity contribution is 6.33. The number of likely N-dealkylation sites (N-methyl/N-ethyl adjacent to an activating group) is 1. The molecule has 0 radical (unpaired) electrons. The average Bonchev–Trinajstić information content (AvgIpc) is 3.80. The molecule has 44 heavy (non-hydrogen) atoms. The molecule has 8 bridgehead atoms. The van der Waals surface area contributed by atoms with E-state index in [0.29, 0.717) is 82.4 Å². The number of aromatic nitrogens is 6. The number of ether oxygens (including phenoxy) is 1. The summed E-state index contributed by atoms with van der Waals surface area (Å²) in [5.74, 6) is 0.693. The lowest BCUT2D eigenvalue weighted by Gasteiger charge is -2.35. The third-order valence-corrected chi connectivity index (χ3v) is 9.74. The quantitative estimate of drug-likeness (QED) is 0.289. The molecule has 9 rings (SSSR count). The zero-order chi connectivity index (χ0) is 29.9. The molecule has 1 aromatic carbocycles. The molecule has 4 aromatic heterocycles. The van der Waals surface area contributed by atoms with Crippen LogP contribution in [0.1, 0.15) is 49.0 Å². The number of hydrogen-bond acceptors (Lipinski definition) is 10. The normalized spacial score (nSPS) is 22.4. The lowest BCUT2D eigenvalue weighted by molar-refractivity contribution is 0.0710. The van der Waals surface area contributed by atoms with E-state index in [1.807, 2.05) is 0 Å². The van der Waals surface area contributed by atoms with Gasteiger partial charge >= 0.3 is 6.01 Å². The van der Waals surface area contributed by atoms with Crippen LogP contribution in [-0.2, 0) is 12.8 Å². The van der Waals surface area contributed by atoms with Gasteiger partial charge in [0.05, 0.1) is 23.3 Å². The number of halogens is 2. The Hall–Kier alpha value is -3.87. The minimum absolute atomic E-state index is 0.116. The van der Waals surface area contributed by atoms with Gasteiger partial charge in [0, 0.05) is 53.6 Å². The summed E-state index contributed by atoms with van der Waals surface area (Å²) in [6.45, 7) is 2.57. The number of aliphatic hydroxyl groups is 1. The molecule has 5 aromatic rings. The van der Waals surface area contributed by atoms with Crippen LogP contribution in [-0.4, -0.2) is 79.5 Å². The third kappa shape index (κ3) is 4.67. The molecular formula is C31H32ClFN8O3. The lowest BCUT2D eigenvalue weighted by Crippen LogP contribution is -2.38. The number of nitrogens with one attached hydrogen (secondary N) is 1. The molecule has 0 amide bonds. The Balaban J connectivity index is 1.34. The first kappa shape index (κ1) is 27.7. The van der Waals surface area contributed by atoms with Crippen molar-refractivity contribution in [3.63, 3.8) is 0 Å². The van der Waals surface area contributed by atoms with Crippen LogP contribution in [0.5, 0.6) is 6.01 Å². The fraction of sp³-hybridized carbons (Fsp3) is 0.452. The molecular weight excluding hydrogens is 587 g/mol. The van der Waals surface area contributed by atoms with Crippen molar-refractivity contribution >= 4 is 39.2 Å². The third-order valence-electron chi connectivity index (χ3n) is 9.41. The second-order valence-electron chi connectivity index (χ2n) is 12.1. The van der Waals surface area contributed by atoms with Crippen LogP contribution >= 0.6 is 11.6 Å². The number of rotatable bonds is 3. The van der Waals surface area contributed by atoms with Crippen molar-refractivity contribution in [3.8, 4) is 17.3 Å². The van der Waals surface area contributed by atoms with E-state index in [4.69, 9.17) is 25.7 Å². The highest BCUT2D eigenvalue weighted by atomic mass is 35.5. The highest BCUT2D eigenvalue weighted by Gasteiger charge is 2.33. The van der Waals surface area contributed by atoms with Crippen molar-refractivity contribution in [1.29, 1.82) is 0 Å². The van der Waals surface area contributed by atoms with E-state index in [9.17, 15) is 5.11 Å². The van der Waals surface area contributed by atoms with E-state index in [0.717, 1.165) is 32.2 Å². The van der Waals surface area contributed by atoms with E-state index >= 15 is 4.39 Å². The molecule has 11 nitrogen and oxygen atoms in total. The molecule has 0 spiro atoms. The fourth-order valence-electron chi connectivity index (χ4n) is 6.96. The second kappa shape index (κ2) is 10.9. The SMILES string of the molecule is CN1CCC[C@H]1COc1nc2c3cnc(c(F)c3n1)-c1c(c(Cl)cc3[nH]ncc13)CCc1cnc(o1)C(O)C1CCCN2C1. The Kier molecular flexibility index (Phi) is 6.87. The number of fused-ring (bicyclic) bond motifs is 3. The summed E-state index contributed by atoms with van der Waals surface area (Å²) < 4.78 is 29.1. The molecule has 2 N–H and O–H groups in total. The molecule has 2 fully saturated rings. The Morgan fingerprint density at radius 3 is 2.86 bits per heavy atom. The number of anilines is 1. The van der Waals surface area contributed by atoms with E-state index < -0.39 is 11.9 Å². The van der Waals surface area contributed by atoms with Crippen molar-refractivity contribution in [2.45, 2.75) is 50.7 Å². The Bertz CT molecular complexity index is 1880. The summed E-state index contributed by atoms with van der Waals surface area (Å²) in [5.41, 5.74) is 2.17. The van der Waals surface area contributed by atoms with E-state index in [-0.39, 0.29) is 29.2 Å². The van der Waals surface area contributed by atoms with Crippen LogP contribution in [0.2, 0.25) is 5.02 Å².